The van der Waals surface area contributed by atoms with Gasteiger partial charge in [0.05, 0.1) is 11.9 Å². The molecule has 0 aliphatic rings. The summed E-state index contributed by atoms with van der Waals surface area (Å²) in [5.74, 6) is -0.0639. The van der Waals surface area contributed by atoms with E-state index in [1.54, 1.807) is 12.3 Å². The highest BCUT2D eigenvalue weighted by Gasteiger charge is 2.19. The Hall–Kier alpha value is -1.14. The smallest absolute Gasteiger partial charge is 0.198 e. The van der Waals surface area contributed by atoms with Gasteiger partial charge in [0.2, 0.25) is 0 Å². The van der Waals surface area contributed by atoms with Crippen molar-refractivity contribution in [2.75, 3.05) is 11.6 Å². The SMILES string of the molecule is O=S(=O)(CCCl)c1nccn2nccc12. The zero-order valence-corrected chi connectivity index (χ0v) is 9.24. The molecule has 0 aliphatic heterocycles. The molecule has 0 amide bonds. The van der Waals surface area contributed by atoms with Crippen molar-refractivity contribution in [2.45, 2.75) is 5.03 Å². The quantitative estimate of drug-likeness (QED) is 0.749. The summed E-state index contributed by atoms with van der Waals surface area (Å²) in [4.78, 5) is 3.86. The first-order valence-corrected chi connectivity index (χ1v) is 6.41. The van der Waals surface area contributed by atoms with Gasteiger partial charge >= 0.3 is 0 Å². The Morgan fingerprint density at radius 2 is 2.20 bits per heavy atom. The molecule has 0 bridgehead atoms. The summed E-state index contributed by atoms with van der Waals surface area (Å²) in [5.41, 5.74) is 0.475. The number of sulfone groups is 1. The largest absolute Gasteiger partial charge is 0.241 e. The van der Waals surface area contributed by atoms with Gasteiger partial charge in [-0.2, -0.15) is 5.10 Å². The van der Waals surface area contributed by atoms with E-state index in [1.165, 1.54) is 16.9 Å². The molecule has 2 aromatic heterocycles. The van der Waals surface area contributed by atoms with Gasteiger partial charge < -0.3 is 0 Å². The molecule has 0 N–H and O–H groups in total. The van der Waals surface area contributed by atoms with Crippen LogP contribution in [0.25, 0.3) is 5.52 Å². The molecule has 0 saturated carbocycles. The van der Waals surface area contributed by atoms with Crippen molar-refractivity contribution in [1.29, 1.82) is 0 Å². The molecule has 0 spiro atoms. The molecule has 15 heavy (non-hydrogen) atoms. The highest BCUT2D eigenvalue weighted by molar-refractivity contribution is 7.91. The van der Waals surface area contributed by atoms with Gasteiger partial charge in [0.15, 0.2) is 14.9 Å². The fourth-order valence-corrected chi connectivity index (χ4v) is 2.98. The molecule has 80 valence electrons. The van der Waals surface area contributed by atoms with Crippen molar-refractivity contribution < 1.29 is 8.42 Å². The number of hydrogen-bond acceptors (Lipinski definition) is 4. The van der Waals surface area contributed by atoms with Crippen LogP contribution in [0.15, 0.2) is 29.7 Å². The Labute approximate surface area is 91.6 Å². The second-order valence-corrected chi connectivity index (χ2v) is 5.30. The van der Waals surface area contributed by atoms with E-state index in [2.05, 4.69) is 10.1 Å². The summed E-state index contributed by atoms with van der Waals surface area (Å²) in [5, 5.41) is 3.96. The minimum absolute atomic E-state index is 0.0307. The average molecular weight is 246 g/mol. The molecule has 5 nitrogen and oxygen atoms in total. The molecule has 0 aromatic carbocycles. The van der Waals surface area contributed by atoms with Crippen LogP contribution in [0.1, 0.15) is 0 Å². The normalized spacial score (nSPS) is 12.1. The third-order valence-electron chi connectivity index (χ3n) is 1.93. The lowest BCUT2D eigenvalue weighted by molar-refractivity contribution is 0.594. The second kappa shape index (κ2) is 3.79. The molecule has 0 saturated heterocycles. The number of aromatic nitrogens is 3. The van der Waals surface area contributed by atoms with E-state index in [1.807, 2.05) is 0 Å². The zero-order valence-electron chi connectivity index (χ0n) is 7.67. The van der Waals surface area contributed by atoms with Gasteiger partial charge in [-0.05, 0) is 6.07 Å². The van der Waals surface area contributed by atoms with Crippen LogP contribution >= 0.6 is 11.6 Å². The van der Waals surface area contributed by atoms with Crippen LogP contribution in [0, 0.1) is 0 Å². The van der Waals surface area contributed by atoms with Crippen LogP contribution in [0.2, 0.25) is 0 Å². The van der Waals surface area contributed by atoms with E-state index in [4.69, 9.17) is 11.6 Å². The molecule has 2 aromatic rings. The summed E-state index contributed by atoms with van der Waals surface area (Å²) in [7, 11) is -3.41. The molecule has 2 rings (SSSR count). The second-order valence-electron chi connectivity index (χ2n) is 2.90. The third-order valence-corrected chi connectivity index (χ3v) is 3.99. The lowest BCUT2D eigenvalue weighted by Crippen LogP contribution is -2.11. The monoisotopic (exact) mass is 245 g/mol. The number of nitrogens with zero attached hydrogens (tertiary/aromatic N) is 3. The summed E-state index contributed by atoms with van der Waals surface area (Å²) in [6, 6.07) is 1.61. The highest BCUT2D eigenvalue weighted by atomic mass is 35.5. The van der Waals surface area contributed by atoms with Crippen LogP contribution in [0.5, 0.6) is 0 Å². The van der Waals surface area contributed by atoms with E-state index in [0.717, 1.165) is 0 Å². The Morgan fingerprint density at radius 1 is 1.40 bits per heavy atom. The van der Waals surface area contributed by atoms with Crippen LogP contribution in [0.3, 0.4) is 0 Å². The van der Waals surface area contributed by atoms with E-state index in [0.29, 0.717) is 5.52 Å². The number of fused-ring (bicyclic) bond motifs is 1. The van der Waals surface area contributed by atoms with Crippen molar-refractivity contribution in [3.05, 3.63) is 24.7 Å². The van der Waals surface area contributed by atoms with Crippen LogP contribution in [-0.2, 0) is 9.84 Å². The molecular formula is C8H8ClN3O2S. The Bertz CT molecular complexity index is 578. The van der Waals surface area contributed by atoms with Gasteiger partial charge in [-0.25, -0.2) is 17.9 Å². The number of halogens is 1. The molecule has 7 heteroatoms. The van der Waals surface area contributed by atoms with Crippen LogP contribution in [-0.4, -0.2) is 34.6 Å². The highest BCUT2D eigenvalue weighted by Crippen LogP contribution is 2.14. The van der Waals surface area contributed by atoms with Crippen molar-refractivity contribution in [3.63, 3.8) is 0 Å². The Kier molecular flexibility index (Phi) is 2.62. The minimum atomic E-state index is -3.41. The molecular weight excluding hydrogens is 238 g/mol. The summed E-state index contributed by atoms with van der Waals surface area (Å²) in [6.45, 7) is 0. The average Bonchev–Trinajstić information content (AvgIpc) is 2.64. The van der Waals surface area contributed by atoms with Gasteiger partial charge in [-0.3, -0.25) is 0 Å². The van der Waals surface area contributed by atoms with Gasteiger partial charge in [0, 0.05) is 18.3 Å². The summed E-state index contributed by atoms with van der Waals surface area (Å²) >= 11 is 5.43. The fraction of sp³-hybridized carbons (Fsp3) is 0.250. The topological polar surface area (TPSA) is 64.3 Å². The van der Waals surface area contributed by atoms with Crippen molar-refractivity contribution in [1.82, 2.24) is 14.6 Å². The molecule has 0 unspecified atom stereocenters. The molecule has 0 fully saturated rings. The van der Waals surface area contributed by atoms with Crippen LogP contribution in [0.4, 0.5) is 0 Å². The van der Waals surface area contributed by atoms with Crippen molar-refractivity contribution in [2.24, 2.45) is 0 Å². The van der Waals surface area contributed by atoms with E-state index < -0.39 is 9.84 Å². The van der Waals surface area contributed by atoms with Gasteiger partial charge in [-0.15, -0.1) is 11.6 Å². The first kappa shape index (κ1) is 10.4. The first-order chi connectivity index (χ1) is 7.15. The third kappa shape index (κ3) is 1.82. The first-order valence-electron chi connectivity index (χ1n) is 4.22. The standard InChI is InChI=1S/C8H8ClN3O2S/c9-2-6-15(13,14)8-7-1-3-11-12(7)5-4-10-8/h1,3-5H,2,6H2. The molecule has 0 radical (unpaired) electrons. The summed E-state index contributed by atoms with van der Waals surface area (Å²) < 4.78 is 25.0. The Morgan fingerprint density at radius 3 is 2.93 bits per heavy atom. The molecule has 2 heterocycles. The lowest BCUT2D eigenvalue weighted by Gasteiger charge is -2.02. The zero-order chi connectivity index (χ0) is 10.9. The maximum atomic E-state index is 11.8. The maximum absolute atomic E-state index is 11.8. The number of hydrogen-bond donors (Lipinski definition) is 0. The number of alkyl halides is 1. The summed E-state index contributed by atoms with van der Waals surface area (Å²) in [6.07, 6.45) is 4.52. The minimum Gasteiger partial charge on any atom is -0.241 e. The predicted molar refractivity (Wildman–Crippen MR) is 55.8 cm³/mol. The van der Waals surface area contributed by atoms with Crippen LogP contribution < -0.4 is 0 Å². The van der Waals surface area contributed by atoms with E-state index in [9.17, 15) is 8.42 Å². The maximum Gasteiger partial charge on any atom is 0.198 e. The van der Waals surface area contributed by atoms with Gasteiger partial charge in [-0.1, -0.05) is 0 Å². The molecule has 0 atom stereocenters. The van der Waals surface area contributed by atoms with Crippen molar-refractivity contribution in [3.8, 4) is 0 Å². The Balaban J connectivity index is 2.66. The van der Waals surface area contributed by atoms with Crippen molar-refractivity contribution >= 4 is 27.0 Å². The molecule has 0 aliphatic carbocycles. The fourth-order valence-electron chi connectivity index (χ4n) is 1.27. The van der Waals surface area contributed by atoms with E-state index in [-0.39, 0.29) is 16.7 Å². The van der Waals surface area contributed by atoms with Gasteiger partial charge in [0.25, 0.3) is 0 Å². The van der Waals surface area contributed by atoms with Gasteiger partial charge in [0.1, 0.15) is 5.52 Å². The lowest BCUT2D eigenvalue weighted by atomic mass is 10.5. The predicted octanol–water partition coefficient (Wildman–Crippen LogP) is 0.742. The number of rotatable bonds is 3. The van der Waals surface area contributed by atoms with E-state index >= 15 is 0 Å².